The van der Waals surface area contributed by atoms with E-state index in [1.54, 1.807) is 24.3 Å². The third-order valence-electron chi connectivity index (χ3n) is 3.58. The highest BCUT2D eigenvalue weighted by molar-refractivity contribution is 9.10. The quantitative estimate of drug-likeness (QED) is 0.737. The van der Waals surface area contributed by atoms with Crippen LogP contribution in [-0.4, -0.2) is 18.4 Å². The second-order valence-corrected chi connectivity index (χ2v) is 7.90. The van der Waals surface area contributed by atoms with Crippen LogP contribution in [0.25, 0.3) is 0 Å². The minimum atomic E-state index is -0.271. The van der Waals surface area contributed by atoms with Crippen molar-refractivity contribution in [2.24, 2.45) is 0 Å². The molecule has 0 fully saturated rings. The van der Waals surface area contributed by atoms with Crippen molar-refractivity contribution >= 4 is 39.1 Å². The van der Waals surface area contributed by atoms with Gasteiger partial charge in [0.25, 0.3) is 5.91 Å². The summed E-state index contributed by atoms with van der Waals surface area (Å²) in [5, 5.41) is 5.45. The van der Waals surface area contributed by atoms with Crippen LogP contribution in [0.5, 0.6) is 5.75 Å². The van der Waals surface area contributed by atoms with Crippen LogP contribution >= 0.6 is 15.9 Å². The van der Waals surface area contributed by atoms with Crippen LogP contribution in [0.15, 0.2) is 46.9 Å². The van der Waals surface area contributed by atoms with Gasteiger partial charge in [0, 0.05) is 28.3 Å². The number of hydrogen-bond donors (Lipinski definition) is 2. The summed E-state index contributed by atoms with van der Waals surface area (Å²) >= 11 is 3.47. The first-order valence-corrected chi connectivity index (χ1v) is 9.05. The number of halogens is 1. The number of carbonyl (C=O) groups excluding carboxylic acids is 2. The minimum Gasteiger partial charge on any atom is -0.483 e. The van der Waals surface area contributed by atoms with Gasteiger partial charge in [-0.25, -0.2) is 0 Å². The van der Waals surface area contributed by atoms with Crippen molar-refractivity contribution in [1.82, 2.24) is 0 Å². The predicted octanol–water partition coefficient (Wildman–Crippen LogP) is 4.72. The summed E-state index contributed by atoms with van der Waals surface area (Å²) in [6.07, 6.45) is 0. The van der Waals surface area contributed by atoms with E-state index < -0.39 is 0 Å². The number of benzene rings is 2. The molecule has 0 aliphatic carbocycles. The van der Waals surface area contributed by atoms with Crippen molar-refractivity contribution < 1.29 is 14.3 Å². The van der Waals surface area contributed by atoms with Crippen molar-refractivity contribution in [2.75, 3.05) is 17.2 Å². The molecule has 0 unspecified atom stereocenters. The lowest BCUT2D eigenvalue weighted by Gasteiger charge is -2.23. The first-order chi connectivity index (χ1) is 12.1. The standard InChI is InChI=1S/C20H23BrN2O3/c1-13(24)22-15-6-5-7-16(11-15)23-19(25)12-26-18-9-8-14(21)10-17(18)20(2,3)4/h5-11H,12H2,1-4H3,(H,22,24)(H,23,25). The SMILES string of the molecule is CC(=O)Nc1cccc(NC(=O)COc2ccc(Br)cc2C(C)(C)C)c1. The average molecular weight is 419 g/mol. The number of anilines is 2. The van der Waals surface area contributed by atoms with Crippen molar-refractivity contribution in [3.05, 3.63) is 52.5 Å². The molecule has 0 aliphatic heterocycles. The molecular weight excluding hydrogens is 396 g/mol. The summed E-state index contributed by atoms with van der Waals surface area (Å²) in [5.41, 5.74) is 2.13. The summed E-state index contributed by atoms with van der Waals surface area (Å²) < 4.78 is 6.71. The van der Waals surface area contributed by atoms with Gasteiger partial charge >= 0.3 is 0 Å². The molecule has 0 aromatic heterocycles. The third-order valence-corrected chi connectivity index (χ3v) is 4.07. The number of hydrogen-bond acceptors (Lipinski definition) is 3. The Kier molecular flexibility index (Phi) is 6.42. The molecule has 0 heterocycles. The highest BCUT2D eigenvalue weighted by Gasteiger charge is 2.20. The summed E-state index contributed by atoms with van der Waals surface area (Å²) in [6.45, 7) is 7.61. The van der Waals surface area contributed by atoms with Crippen LogP contribution in [0.2, 0.25) is 0 Å². The molecule has 0 radical (unpaired) electrons. The lowest BCUT2D eigenvalue weighted by Crippen LogP contribution is -2.22. The topological polar surface area (TPSA) is 67.4 Å². The fourth-order valence-corrected chi connectivity index (χ4v) is 2.79. The van der Waals surface area contributed by atoms with E-state index in [0.717, 1.165) is 10.0 Å². The van der Waals surface area contributed by atoms with Crippen molar-refractivity contribution in [3.8, 4) is 5.75 Å². The van der Waals surface area contributed by atoms with Gasteiger partial charge in [-0.1, -0.05) is 42.8 Å². The number of nitrogens with one attached hydrogen (secondary N) is 2. The molecule has 5 nitrogen and oxygen atoms in total. The van der Waals surface area contributed by atoms with Gasteiger partial charge < -0.3 is 15.4 Å². The van der Waals surface area contributed by atoms with E-state index in [-0.39, 0.29) is 23.8 Å². The first kappa shape index (κ1) is 20.0. The van der Waals surface area contributed by atoms with Crippen LogP contribution < -0.4 is 15.4 Å². The fraction of sp³-hybridized carbons (Fsp3) is 0.300. The lowest BCUT2D eigenvalue weighted by molar-refractivity contribution is -0.118. The normalized spacial score (nSPS) is 11.0. The highest BCUT2D eigenvalue weighted by atomic mass is 79.9. The van der Waals surface area contributed by atoms with Crippen molar-refractivity contribution in [2.45, 2.75) is 33.1 Å². The monoisotopic (exact) mass is 418 g/mol. The van der Waals surface area contributed by atoms with Crippen molar-refractivity contribution in [3.63, 3.8) is 0 Å². The Labute approximate surface area is 162 Å². The van der Waals surface area contributed by atoms with Gasteiger partial charge in [0.05, 0.1) is 0 Å². The fourth-order valence-electron chi connectivity index (χ4n) is 2.43. The molecule has 0 saturated heterocycles. The molecular formula is C20H23BrN2O3. The molecule has 6 heteroatoms. The van der Waals surface area contributed by atoms with Crippen LogP contribution in [0.4, 0.5) is 11.4 Å². The number of amides is 2. The second kappa shape index (κ2) is 8.36. The number of ether oxygens (including phenoxy) is 1. The molecule has 2 rings (SSSR count). The van der Waals surface area contributed by atoms with Gasteiger partial charge in [0.2, 0.25) is 5.91 Å². The minimum absolute atomic E-state index is 0.102. The van der Waals surface area contributed by atoms with Gasteiger partial charge in [0.15, 0.2) is 6.61 Å². The van der Waals surface area contributed by atoms with Crippen LogP contribution in [0.1, 0.15) is 33.3 Å². The van der Waals surface area contributed by atoms with Crippen LogP contribution in [0, 0.1) is 0 Å². The van der Waals surface area contributed by atoms with Gasteiger partial charge in [-0.05, 0) is 41.8 Å². The summed E-state index contributed by atoms with van der Waals surface area (Å²) in [5.74, 6) is 0.248. The lowest BCUT2D eigenvalue weighted by atomic mass is 9.86. The molecule has 138 valence electrons. The van der Waals surface area contributed by atoms with Crippen LogP contribution in [0.3, 0.4) is 0 Å². The van der Waals surface area contributed by atoms with E-state index in [0.29, 0.717) is 17.1 Å². The van der Waals surface area contributed by atoms with E-state index in [9.17, 15) is 9.59 Å². The molecule has 2 aromatic carbocycles. The zero-order chi connectivity index (χ0) is 19.3. The van der Waals surface area contributed by atoms with E-state index in [1.165, 1.54) is 6.92 Å². The Morgan fingerprint density at radius 3 is 2.31 bits per heavy atom. The molecule has 0 saturated carbocycles. The summed E-state index contributed by atoms with van der Waals surface area (Å²) in [6, 6.07) is 12.7. The maximum absolute atomic E-state index is 12.2. The average Bonchev–Trinajstić information content (AvgIpc) is 2.52. The Morgan fingerprint density at radius 1 is 1.04 bits per heavy atom. The molecule has 2 amide bonds. The van der Waals surface area contributed by atoms with E-state index >= 15 is 0 Å². The summed E-state index contributed by atoms with van der Waals surface area (Å²) in [4.78, 5) is 23.3. The Bertz CT molecular complexity index is 813. The molecule has 0 spiro atoms. The second-order valence-electron chi connectivity index (χ2n) is 6.99. The first-order valence-electron chi connectivity index (χ1n) is 8.25. The maximum Gasteiger partial charge on any atom is 0.262 e. The zero-order valence-electron chi connectivity index (χ0n) is 15.4. The molecule has 2 N–H and O–H groups in total. The van der Waals surface area contributed by atoms with E-state index in [2.05, 4.69) is 47.3 Å². The molecule has 0 aliphatic rings. The van der Waals surface area contributed by atoms with Gasteiger partial charge in [-0.15, -0.1) is 0 Å². The Balaban J connectivity index is 2.03. The Morgan fingerprint density at radius 2 is 1.69 bits per heavy atom. The summed E-state index contributed by atoms with van der Waals surface area (Å²) in [7, 11) is 0. The zero-order valence-corrected chi connectivity index (χ0v) is 16.9. The largest absolute Gasteiger partial charge is 0.483 e. The molecule has 0 bridgehead atoms. The maximum atomic E-state index is 12.2. The number of carbonyl (C=O) groups is 2. The van der Waals surface area contributed by atoms with Crippen LogP contribution in [-0.2, 0) is 15.0 Å². The van der Waals surface area contributed by atoms with Gasteiger partial charge in [0.1, 0.15) is 5.75 Å². The molecule has 0 atom stereocenters. The van der Waals surface area contributed by atoms with E-state index in [1.807, 2.05) is 18.2 Å². The highest BCUT2D eigenvalue weighted by Crippen LogP contribution is 2.33. The molecule has 2 aromatic rings. The van der Waals surface area contributed by atoms with Gasteiger partial charge in [-0.2, -0.15) is 0 Å². The Hall–Kier alpha value is -2.34. The predicted molar refractivity (Wildman–Crippen MR) is 108 cm³/mol. The number of rotatable bonds is 5. The third kappa shape index (κ3) is 5.88. The van der Waals surface area contributed by atoms with E-state index in [4.69, 9.17) is 4.74 Å². The smallest absolute Gasteiger partial charge is 0.262 e. The van der Waals surface area contributed by atoms with Crippen molar-refractivity contribution in [1.29, 1.82) is 0 Å². The van der Waals surface area contributed by atoms with Gasteiger partial charge in [-0.3, -0.25) is 9.59 Å². The molecule has 26 heavy (non-hydrogen) atoms.